The van der Waals surface area contributed by atoms with Crippen LogP contribution in [0.15, 0.2) is 47.4 Å². The number of carbonyl (C=O) groups is 2. The molecule has 2 rings (SSSR count). The maximum Gasteiger partial charge on any atom is 0.420 e. The molecule has 0 heterocycles. The van der Waals surface area contributed by atoms with Crippen molar-refractivity contribution >= 4 is 50.9 Å². The number of methoxy groups -OCH3 is 1. The zero-order valence-electron chi connectivity index (χ0n) is 14.7. The van der Waals surface area contributed by atoms with Gasteiger partial charge in [0, 0.05) is 8.54 Å². The van der Waals surface area contributed by atoms with Crippen LogP contribution in [-0.2, 0) is 19.6 Å². The van der Waals surface area contributed by atoms with Gasteiger partial charge in [0.15, 0.2) is 6.10 Å². The Kier molecular flexibility index (Phi) is 7.11. The minimum absolute atomic E-state index is 0. The smallest absolute Gasteiger partial charge is 0.420 e. The van der Waals surface area contributed by atoms with Crippen molar-refractivity contribution in [2.24, 2.45) is 0 Å². The zero-order valence-corrected chi connectivity index (χ0v) is 17.1. The van der Waals surface area contributed by atoms with E-state index in [1.54, 1.807) is 22.9 Å². The Morgan fingerprint density at radius 1 is 1.11 bits per heavy atom. The van der Waals surface area contributed by atoms with Gasteiger partial charge in [0.25, 0.3) is 15.9 Å². The molecule has 0 saturated heterocycles. The van der Waals surface area contributed by atoms with Crippen molar-refractivity contribution in [3.8, 4) is 5.75 Å². The van der Waals surface area contributed by atoms with E-state index >= 15 is 0 Å². The van der Waals surface area contributed by atoms with Crippen LogP contribution in [0.1, 0.15) is 9.78 Å². The highest BCUT2D eigenvalue weighted by atomic mass is 35.5. The number of hydrogen-bond donors (Lipinski definition) is 2. The summed E-state index contributed by atoms with van der Waals surface area (Å²) in [6.45, 7) is 1.52. The molecule has 8 nitrogen and oxygen atoms in total. The molecule has 0 fully saturated rings. The van der Waals surface area contributed by atoms with E-state index < -0.39 is 28.1 Å². The van der Waals surface area contributed by atoms with E-state index in [2.05, 4.69) is 10.1 Å². The summed E-state index contributed by atoms with van der Waals surface area (Å²) in [6, 6.07) is 9.97. The molecule has 0 aromatic heterocycles. The maximum absolute atomic E-state index is 12.3. The molecular formula is C17H20Cl2N2O6S. The topological polar surface area (TPSA) is 111 Å². The summed E-state index contributed by atoms with van der Waals surface area (Å²) in [5, 5.41) is 3.07. The van der Waals surface area contributed by atoms with E-state index in [9.17, 15) is 18.0 Å². The van der Waals surface area contributed by atoms with E-state index in [-0.39, 0.29) is 18.5 Å². The number of amides is 2. The summed E-state index contributed by atoms with van der Waals surface area (Å²) >= 11 is 11.9. The number of sulfonamides is 1. The first-order valence-electron chi connectivity index (χ1n) is 7.76. The molecule has 0 aliphatic heterocycles. The fourth-order valence-electron chi connectivity index (χ4n) is 1.99. The molecule has 154 valence electrons. The minimum Gasteiger partial charge on any atom is -0.479 e. The SMILES string of the molecule is COC(=O)NS(=O)(=O)c1ccc(NC(=O)[C@H](C)Oc2cccc(Cl)c2Cl)cc1.[HH].[HH]. The lowest BCUT2D eigenvalue weighted by Gasteiger charge is -2.16. The van der Waals surface area contributed by atoms with Gasteiger partial charge in [-0.2, -0.15) is 0 Å². The van der Waals surface area contributed by atoms with Crippen LogP contribution >= 0.6 is 23.2 Å². The summed E-state index contributed by atoms with van der Waals surface area (Å²) in [7, 11) is -3.03. The molecule has 0 aliphatic carbocycles. The third kappa shape index (κ3) is 5.51. The second-order valence-corrected chi connectivity index (χ2v) is 7.89. The summed E-state index contributed by atoms with van der Waals surface area (Å²) in [6.07, 6.45) is -2.01. The van der Waals surface area contributed by atoms with Crippen LogP contribution in [0.3, 0.4) is 0 Å². The van der Waals surface area contributed by atoms with Gasteiger partial charge < -0.3 is 14.8 Å². The number of carbonyl (C=O) groups excluding carboxylic acids is 2. The predicted molar refractivity (Wildman–Crippen MR) is 109 cm³/mol. The number of benzene rings is 2. The summed E-state index contributed by atoms with van der Waals surface area (Å²) < 4.78 is 35.4. The second kappa shape index (κ2) is 9.13. The Morgan fingerprint density at radius 3 is 2.36 bits per heavy atom. The van der Waals surface area contributed by atoms with Crippen LogP contribution < -0.4 is 14.8 Å². The lowest BCUT2D eigenvalue weighted by molar-refractivity contribution is -0.122. The van der Waals surface area contributed by atoms with Crippen molar-refractivity contribution < 1.29 is 30.3 Å². The molecule has 0 aliphatic rings. The fourth-order valence-corrected chi connectivity index (χ4v) is 3.24. The van der Waals surface area contributed by atoms with E-state index in [4.69, 9.17) is 27.9 Å². The molecular weight excluding hydrogens is 431 g/mol. The van der Waals surface area contributed by atoms with Crippen molar-refractivity contribution in [2.75, 3.05) is 12.4 Å². The molecule has 28 heavy (non-hydrogen) atoms. The molecule has 11 heteroatoms. The molecule has 0 bridgehead atoms. The van der Waals surface area contributed by atoms with Gasteiger partial charge in [-0.25, -0.2) is 17.9 Å². The number of ether oxygens (including phenoxy) is 2. The molecule has 0 unspecified atom stereocenters. The molecule has 2 amide bonds. The lowest BCUT2D eigenvalue weighted by atomic mass is 10.3. The maximum atomic E-state index is 12.3. The van der Waals surface area contributed by atoms with Crippen LogP contribution in [0.5, 0.6) is 5.75 Å². The van der Waals surface area contributed by atoms with Crippen molar-refractivity contribution in [3.63, 3.8) is 0 Å². The Labute approximate surface area is 174 Å². The molecule has 2 aromatic rings. The van der Waals surface area contributed by atoms with Gasteiger partial charge in [0.1, 0.15) is 10.8 Å². The van der Waals surface area contributed by atoms with Crippen molar-refractivity contribution in [2.45, 2.75) is 17.9 Å². The van der Waals surface area contributed by atoms with E-state index in [0.717, 1.165) is 7.11 Å². The first-order valence-corrected chi connectivity index (χ1v) is 10.0. The Morgan fingerprint density at radius 2 is 1.75 bits per heavy atom. The number of rotatable bonds is 6. The highest BCUT2D eigenvalue weighted by Crippen LogP contribution is 2.32. The average Bonchev–Trinajstić information content (AvgIpc) is 2.65. The number of anilines is 1. The van der Waals surface area contributed by atoms with Gasteiger partial charge >= 0.3 is 6.09 Å². The van der Waals surface area contributed by atoms with Gasteiger partial charge in [-0.3, -0.25) is 4.79 Å². The number of halogens is 2. The van der Waals surface area contributed by atoms with Gasteiger partial charge in [-0.15, -0.1) is 0 Å². The van der Waals surface area contributed by atoms with E-state index in [1.807, 2.05) is 0 Å². The first-order chi connectivity index (χ1) is 13.1. The third-order valence-electron chi connectivity index (χ3n) is 3.42. The summed E-state index contributed by atoms with van der Waals surface area (Å²) in [4.78, 5) is 23.2. The Balaban J connectivity index is 0.00000420. The second-order valence-electron chi connectivity index (χ2n) is 5.42. The number of nitrogens with one attached hydrogen (secondary N) is 2. The van der Waals surface area contributed by atoms with E-state index in [1.165, 1.54) is 31.2 Å². The molecule has 0 radical (unpaired) electrons. The summed E-state index contributed by atoms with van der Waals surface area (Å²) in [5.41, 5.74) is 0.328. The predicted octanol–water partition coefficient (Wildman–Crippen LogP) is 3.94. The van der Waals surface area contributed by atoms with Gasteiger partial charge in [-0.1, -0.05) is 29.3 Å². The first kappa shape index (κ1) is 21.8. The van der Waals surface area contributed by atoms with Crippen LogP contribution in [0.2, 0.25) is 10.0 Å². The van der Waals surface area contributed by atoms with E-state index in [0.29, 0.717) is 10.7 Å². The monoisotopic (exact) mass is 450 g/mol. The minimum atomic E-state index is -4.07. The van der Waals surface area contributed by atoms with Crippen LogP contribution in [-0.4, -0.2) is 33.6 Å². The molecule has 2 N–H and O–H groups in total. The van der Waals surface area contributed by atoms with Gasteiger partial charge in [-0.05, 0) is 43.3 Å². The quantitative estimate of drug-likeness (QED) is 0.689. The summed E-state index contributed by atoms with van der Waals surface area (Å²) in [5.74, 6) is -0.230. The Hall–Kier alpha value is -2.49. The Bertz CT molecular complexity index is 990. The van der Waals surface area contributed by atoms with Crippen LogP contribution in [0.4, 0.5) is 10.5 Å². The normalized spacial score (nSPS) is 12.0. The largest absolute Gasteiger partial charge is 0.479 e. The molecule has 0 spiro atoms. The van der Waals surface area contributed by atoms with Crippen molar-refractivity contribution in [1.82, 2.24) is 4.72 Å². The molecule has 0 saturated carbocycles. The van der Waals surface area contributed by atoms with Crippen molar-refractivity contribution in [1.29, 1.82) is 0 Å². The number of hydrogen-bond acceptors (Lipinski definition) is 6. The van der Waals surface area contributed by atoms with Gasteiger partial charge in [0.05, 0.1) is 17.0 Å². The highest BCUT2D eigenvalue weighted by molar-refractivity contribution is 7.90. The average molecular weight is 451 g/mol. The van der Waals surface area contributed by atoms with Crippen LogP contribution in [0, 0.1) is 0 Å². The van der Waals surface area contributed by atoms with Gasteiger partial charge in [0.2, 0.25) is 0 Å². The van der Waals surface area contributed by atoms with Crippen LogP contribution in [0.25, 0.3) is 0 Å². The molecule has 2 aromatic carbocycles. The standard InChI is InChI=1S/C17H16Cl2N2O6S.2H2/c1-10(27-14-5-3-4-13(18)15(14)19)16(22)20-11-6-8-12(9-7-11)28(24,25)21-17(23)26-2;;/h3-10H,1-2H3,(H,20,22)(H,21,23);2*1H/t10-;;/m0../s1. The molecule has 1 atom stereocenters. The fraction of sp³-hybridized carbons (Fsp3) is 0.176. The highest BCUT2D eigenvalue weighted by Gasteiger charge is 2.19. The zero-order chi connectivity index (χ0) is 20.9. The van der Waals surface area contributed by atoms with Crippen molar-refractivity contribution in [3.05, 3.63) is 52.5 Å². The third-order valence-corrected chi connectivity index (χ3v) is 5.55. The lowest BCUT2D eigenvalue weighted by Crippen LogP contribution is -2.31.